The van der Waals surface area contributed by atoms with Gasteiger partial charge in [-0.3, -0.25) is 9.59 Å². The van der Waals surface area contributed by atoms with Gasteiger partial charge in [-0.25, -0.2) is 0 Å². The smallest absolute Gasteiger partial charge is 0.253 e. The highest BCUT2D eigenvalue weighted by Crippen LogP contribution is 2.23. The highest BCUT2D eigenvalue weighted by Gasteiger charge is 2.15. The minimum Gasteiger partial charge on any atom is -0.377 e. The Balaban J connectivity index is 1.95. The van der Waals surface area contributed by atoms with Gasteiger partial charge in [0.2, 0.25) is 5.91 Å². The summed E-state index contributed by atoms with van der Waals surface area (Å²) in [6, 6.07) is 15.3. The molecule has 0 spiro atoms. The van der Waals surface area contributed by atoms with Crippen LogP contribution in [0.15, 0.2) is 48.5 Å². The van der Waals surface area contributed by atoms with E-state index in [1.54, 1.807) is 6.07 Å². The molecule has 0 aliphatic carbocycles. The van der Waals surface area contributed by atoms with Crippen LogP contribution in [0, 0.1) is 0 Å². The summed E-state index contributed by atoms with van der Waals surface area (Å²) in [5, 5.41) is 5.91. The Bertz CT molecular complexity index is 803. The van der Waals surface area contributed by atoms with Gasteiger partial charge in [0, 0.05) is 38.4 Å². The second kappa shape index (κ2) is 12.7. The van der Waals surface area contributed by atoms with Crippen molar-refractivity contribution >= 4 is 23.2 Å². The van der Waals surface area contributed by atoms with Gasteiger partial charge in [-0.05, 0) is 30.2 Å². The maximum atomic E-state index is 12.8. The van der Waals surface area contributed by atoms with Crippen molar-refractivity contribution in [3.63, 3.8) is 0 Å². The summed E-state index contributed by atoms with van der Waals surface area (Å²) in [4.78, 5) is 27.0. The Hall–Kier alpha value is -2.82. The lowest BCUT2D eigenvalue weighted by Crippen LogP contribution is -2.25. The molecule has 5 heteroatoms. The van der Waals surface area contributed by atoms with E-state index in [0.717, 1.165) is 24.1 Å². The molecule has 0 saturated carbocycles. The van der Waals surface area contributed by atoms with Gasteiger partial charge in [0.15, 0.2) is 0 Å². The van der Waals surface area contributed by atoms with Crippen LogP contribution in [0.4, 0.5) is 11.4 Å². The number of nitrogens with zero attached hydrogens (tertiary/aromatic N) is 1. The largest absolute Gasteiger partial charge is 0.377 e. The molecule has 2 N–H and O–H groups in total. The van der Waals surface area contributed by atoms with Crippen molar-refractivity contribution in [1.82, 2.24) is 5.32 Å². The van der Waals surface area contributed by atoms with E-state index in [1.807, 2.05) is 61.5 Å². The first kappa shape index (κ1) is 23.5. The third-order valence-corrected chi connectivity index (χ3v) is 5.06. The van der Waals surface area contributed by atoms with Gasteiger partial charge in [-0.15, -0.1) is 0 Å². The summed E-state index contributed by atoms with van der Waals surface area (Å²) in [7, 11) is 3.81. The molecule has 0 aliphatic rings. The SMILES string of the molecule is CCCCCCCCC(=O)Nc1ccc(N(C)C)c(C(=O)NCc2ccccc2)c1. The van der Waals surface area contributed by atoms with Crippen LogP contribution in [0.25, 0.3) is 0 Å². The van der Waals surface area contributed by atoms with Crippen molar-refractivity contribution in [2.75, 3.05) is 24.3 Å². The number of anilines is 2. The minimum atomic E-state index is -0.158. The molecule has 0 aromatic heterocycles. The summed E-state index contributed by atoms with van der Waals surface area (Å²) < 4.78 is 0. The number of unbranched alkanes of at least 4 members (excludes halogenated alkanes) is 5. The number of amides is 2. The van der Waals surface area contributed by atoms with Crippen LogP contribution in [0.5, 0.6) is 0 Å². The molecule has 162 valence electrons. The third-order valence-electron chi connectivity index (χ3n) is 5.06. The molecule has 0 unspecified atom stereocenters. The van der Waals surface area contributed by atoms with E-state index in [9.17, 15) is 9.59 Å². The zero-order chi connectivity index (χ0) is 21.8. The summed E-state index contributed by atoms with van der Waals surface area (Å²) >= 11 is 0. The van der Waals surface area contributed by atoms with Crippen LogP contribution in [-0.4, -0.2) is 25.9 Å². The molecule has 0 fully saturated rings. The first-order valence-corrected chi connectivity index (χ1v) is 10.9. The molecule has 0 bridgehead atoms. The van der Waals surface area contributed by atoms with E-state index in [2.05, 4.69) is 17.6 Å². The first-order chi connectivity index (χ1) is 14.5. The molecule has 2 rings (SSSR count). The molecule has 0 heterocycles. The van der Waals surface area contributed by atoms with E-state index in [1.165, 1.54) is 25.7 Å². The van der Waals surface area contributed by atoms with E-state index < -0.39 is 0 Å². The van der Waals surface area contributed by atoms with E-state index in [0.29, 0.717) is 24.2 Å². The number of hydrogen-bond donors (Lipinski definition) is 2. The molecule has 0 saturated heterocycles. The molecule has 0 atom stereocenters. The predicted octanol–water partition coefficient (Wildman–Crippen LogP) is 5.37. The zero-order valence-corrected chi connectivity index (χ0v) is 18.5. The lowest BCUT2D eigenvalue weighted by molar-refractivity contribution is -0.116. The summed E-state index contributed by atoms with van der Waals surface area (Å²) in [6.07, 6.45) is 7.41. The monoisotopic (exact) mass is 409 g/mol. The van der Waals surface area contributed by atoms with Gasteiger partial charge in [0.05, 0.1) is 5.56 Å². The molecular weight excluding hydrogens is 374 g/mol. The van der Waals surface area contributed by atoms with Crippen LogP contribution >= 0.6 is 0 Å². The number of hydrogen-bond acceptors (Lipinski definition) is 3. The maximum absolute atomic E-state index is 12.8. The summed E-state index contributed by atoms with van der Waals surface area (Å²) in [5.41, 5.74) is 3.06. The van der Waals surface area contributed by atoms with Crippen LogP contribution in [-0.2, 0) is 11.3 Å². The Kier molecular flexibility index (Phi) is 9.92. The quantitative estimate of drug-likeness (QED) is 0.463. The number of nitrogens with one attached hydrogen (secondary N) is 2. The number of benzene rings is 2. The zero-order valence-electron chi connectivity index (χ0n) is 18.5. The highest BCUT2D eigenvalue weighted by molar-refractivity contribution is 6.02. The fourth-order valence-electron chi connectivity index (χ4n) is 3.35. The second-order valence-corrected chi connectivity index (χ2v) is 7.86. The Morgan fingerprint density at radius 2 is 1.60 bits per heavy atom. The summed E-state index contributed by atoms with van der Waals surface area (Å²) in [6.45, 7) is 2.66. The molecule has 0 aliphatic heterocycles. The van der Waals surface area contributed by atoms with E-state index in [-0.39, 0.29) is 11.8 Å². The molecule has 30 heavy (non-hydrogen) atoms. The second-order valence-electron chi connectivity index (χ2n) is 7.86. The molecule has 2 amide bonds. The molecular formula is C25H35N3O2. The Morgan fingerprint density at radius 1 is 0.900 bits per heavy atom. The van der Waals surface area contributed by atoms with Gasteiger partial charge in [0.1, 0.15) is 0 Å². The van der Waals surface area contributed by atoms with Crippen LogP contribution in [0.2, 0.25) is 0 Å². The fraction of sp³-hybridized carbons (Fsp3) is 0.440. The fourth-order valence-corrected chi connectivity index (χ4v) is 3.35. The van der Waals surface area contributed by atoms with Crippen molar-refractivity contribution in [2.24, 2.45) is 0 Å². The molecule has 0 radical (unpaired) electrons. The predicted molar refractivity (Wildman–Crippen MR) is 125 cm³/mol. The third kappa shape index (κ3) is 7.90. The molecule has 2 aromatic rings. The minimum absolute atomic E-state index is 0.00117. The van der Waals surface area contributed by atoms with Gasteiger partial charge in [-0.2, -0.15) is 0 Å². The normalized spacial score (nSPS) is 10.5. The Labute approximate surface area is 180 Å². The lowest BCUT2D eigenvalue weighted by atomic mass is 10.1. The van der Waals surface area contributed by atoms with E-state index >= 15 is 0 Å². The van der Waals surface area contributed by atoms with Gasteiger partial charge >= 0.3 is 0 Å². The Morgan fingerprint density at radius 3 is 2.30 bits per heavy atom. The first-order valence-electron chi connectivity index (χ1n) is 10.9. The topological polar surface area (TPSA) is 61.4 Å². The van der Waals surface area contributed by atoms with Crippen molar-refractivity contribution in [3.05, 3.63) is 59.7 Å². The van der Waals surface area contributed by atoms with E-state index in [4.69, 9.17) is 0 Å². The number of carbonyl (C=O) groups excluding carboxylic acids is 2. The number of carbonyl (C=O) groups is 2. The average molecular weight is 410 g/mol. The van der Waals surface area contributed by atoms with Crippen molar-refractivity contribution in [3.8, 4) is 0 Å². The lowest BCUT2D eigenvalue weighted by Gasteiger charge is -2.18. The van der Waals surface area contributed by atoms with Crippen LogP contribution in [0.1, 0.15) is 67.8 Å². The van der Waals surface area contributed by atoms with Crippen molar-refractivity contribution in [1.29, 1.82) is 0 Å². The number of rotatable bonds is 12. The maximum Gasteiger partial charge on any atom is 0.253 e. The van der Waals surface area contributed by atoms with Crippen molar-refractivity contribution < 1.29 is 9.59 Å². The van der Waals surface area contributed by atoms with Gasteiger partial charge in [-0.1, -0.05) is 69.4 Å². The van der Waals surface area contributed by atoms with Crippen LogP contribution in [0.3, 0.4) is 0 Å². The molecule has 2 aromatic carbocycles. The van der Waals surface area contributed by atoms with Gasteiger partial charge < -0.3 is 15.5 Å². The standard InChI is InChI=1S/C25H35N3O2/c1-4-5-6-7-8-12-15-24(29)27-21-16-17-23(28(2)3)22(18-21)25(30)26-19-20-13-10-9-11-14-20/h9-11,13-14,16-18H,4-8,12,15,19H2,1-3H3,(H,26,30)(H,27,29). The molecule has 5 nitrogen and oxygen atoms in total. The average Bonchev–Trinajstić information content (AvgIpc) is 2.75. The van der Waals surface area contributed by atoms with Crippen molar-refractivity contribution in [2.45, 2.75) is 58.4 Å². The highest BCUT2D eigenvalue weighted by atomic mass is 16.2. The van der Waals surface area contributed by atoms with Crippen LogP contribution < -0.4 is 15.5 Å². The van der Waals surface area contributed by atoms with Gasteiger partial charge in [0.25, 0.3) is 5.91 Å². The summed E-state index contributed by atoms with van der Waals surface area (Å²) in [5.74, 6) is -0.159.